The Hall–Kier alpha value is -1.22. The van der Waals surface area contributed by atoms with Gasteiger partial charge >= 0.3 is 11.9 Å². The summed E-state index contributed by atoms with van der Waals surface area (Å²) in [5.74, 6) is -1.01. The first-order chi connectivity index (χ1) is 25.2. The van der Waals surface area contributed by atoms with E-state index in [1.165, 1.54) is 128 Å². The Kier molecular flexibility index (Phi) is 30.0. The van der Waals surface area contributed by atoms with Crippen molar-refractivity contribution in [2.45, 2.75) is 219 Å². The minimum atomic E-state index is -1.06. The van der Waals surface area contributed by atoms with Crippen molar-refractivity contribution in [2.24, 2.45) is 0 Å². The first-order valence-corrected chi connectivity index (χ1v) is 22.1. The van der Waals surface area contributed by atoms with Gasteiger partial charge in [0.15, 0.2) is 18.5 Å². The maximum atomic E-state index is 13.1. The average molecular weight is 724 g/mol. The second-order valence-electron chi connectivity index (χ2n) is 15.3. The molecule has 2 atom stereocenters. The highest BCUT2D eigenvalue weighted by molar-refractivity contribution is 5.86. The number of carbonyl (C=O) groups is 2. The second kappa shape index (κ2) is 33.4. The minimum Gasteiger partial charge on any atom is -0.464 e. The van der Waals surface area contributed by atoms with E-state index in [0.29, 0.717) is 19.6 Å². The normalized spacial score (nSPS) is 19.5. The van der Waals surface area contributed by atoms with Gasteiger partial charge in [-0.3, -0.25) is 4.90 Å². The van der Waals surface area contributed by atoms with Crippen LogP contribution in [-0.4, -0.2) is 81.4 Å². The molecular weight excluding hydrogens is 642 g/mol. The molecule has 2 aliphatic heterocycles. The summed E-state index contributed by atoms with van der Waals surface area (Å²) in [5.41, 5.74) is 0. The summed E-state index contributed by atoms with van der Waals surface area (Å²) in [6, 6.07) is 0. The van der Waals surface area contributed by atoms with Crippen LogP contribution in [0.15, 0.2) is 0 Å². The molecule has 0 N–H and O–H groups in total. The number of morpholine rings is 1. The Morgan fingerprint density at radius 1 is 0.490 bits per heavy atom. The van der Waals surface area contributed by atoms with Crippen LogP contribution in [0.25, 0.3) is 0 Å². The molecule has 2 saturated heterocycles. The largest absolute Gasteiger partial charge is 0.464 e. The summed E-state index contributed by atoms with van der Waals surface area (Å²) < 4.78 is 28.7. The van der Waals surface area contributed by atoms with Crippen LogP contribution in [0.1, 0.15) is 200 Å². The second-order valence-corrected chi connectivity index (χ2v) is 15.3. The lowest BCUT2D eigenvalue weighted by Gasteiger charge is -2.26. The summed E-state index contributed by atoms with van der Waals surface area (Å²) >= 11 is 0. The molecule has 0 spiro atoms. The average Bonchev–Trinajstić information content (AvgIpc) is 3.58. The van der Waals surface area contributed by atoms with Gasteiger partial charge in [-0.1, -0.05) is 168 Å². The Morgan fingerprint density at radius 2 is 0.843 bits per heavy atom. The van der Waals surface area contributed by atoms with Gasteiger partial charge in [0.1, 0.15) is 0 Å². The van der Waals surface area contributed by atoms with E-state index in [4.69, 9.17) is 23.7 Å². The molecule has 2 fully saturated rings. The van der Waals surface area contributed by atoms with Crippen molar-refractivity contribution in [1.82, 2.24) is 4.90 Å². The van der Waals surface area contributed by atoms with Crippen LogP contribution in [0.3, 0.4) is 0 Å². The maximum Gasteiger partial charge on any atom is 0.338 e. The highest BCUT2D eigenvalue weighted by atomic mass is 16.8. The van der Waals surface area contributed by atoms with Gasteiger partial charge in [-0.2, -0.15) is 0 Å². The summed E-state index contributed by atoms with van der Waals surface area (Å²) in [7, 11) is 0. The zero-order valence-electron chi connectivity index (χ0n) is 33.5. The van der Waals surface area contributed by atoms with Gasteiger partial charge in [0, 0.05) is 13.1 Å². The molecule has 8 heteroatoms. The molecule has 0 bridgehead atoms. The number of rotatable bonds is 35. The lowest BCUT2D eigenvalue weighted by molar-refractivity contribution is -0.163. The minimum absolute atomic E-state index is 0.349. The molecule has 2 unspecified atom stereocenters. The molecule has 300 valence electrons. The molecule has 0 aromatic rings. The van der Waals surface area contributed by atoms with Crippen LogP contribution < -0.4 is 0 Å². The van der Waals surface area contributed by atoms with Crippen LogP contribution in [0.5, 0.6) is 0 Å². The molecule has 0 aromatic heterocycles. The van der Waals surface area contributed by atoms with Crippen LogP contribution in [0.4, 0.5) is 0 Å². The van der Waals surface area contributed by atoms with E-state index in [1.54, 1.807) is 0 Å². The van der Waals surface area contributed by atoms with E-state index in [-0.39, 0.29) is 0 Å². The number of hydrogen-bond donors (Lipinski definition) is 0. The molecule has 0 aromatic carbocycles. The Bertz CT molecular complexity index is 753. The summed E-state index contributed by atoms with van der Waals surface area (Å²) in [6.45, 7) is 9.76. The van der Waals surface area contributed by atoms with E-state index in [1.807, 2.05) is 0 Å². The predicted octanol–water partition coefficient (Wildman–Crippen LogP) is 10.9. The summed E-state index contributed by atoms with van der Waals surface area (Å²) in [4.78, 5) is 28.6. The van der Waals surface area contributed by atoms with Gasteiger partial charge < -0.3 is 23.7 Å². The molecule has 2 rings (SSSR count). The molecule has 2 heterocycles. The fourth-order valence-electron chi connectivity index (χ4n) is 7.22. The Balaban J connectivity index is 1.61. The third kappa shape index (κ3) is 24.7. The van der Waals surface area contributed by atoms with E-state index < -0.39 is 30.4 Å². The van der Waals surface area contributed by atoms with Gasteiger partial charge in [0.05, 0.1) is 26.4 Å². The fourth-order valence-corrected chi connectivity index (χ4v) is 7.22. The van der Waals surface area contributed by atoms with Crippen LogP contribution in [0.2, 0.25) is 0 Å². The first kappa shape index (κ1) is 45.9. The smallest absolute Gasteiger partial charge is 0.338 e. The zero-order valence-corrected chi connectivity index (χ0v) is 33.5. The van der Waals surface area contributed by atoms with Crippen molar-refractivity contribution in [3.8, 4) is 0 Å². The topological polar surface area (TPSA) is 83.5 Å². The monoisotopic (exact) mass is 724 g/mol. The van der Waals surface area contributed by atoms with E-state index in [0.717, 1.165) is 84.2 Å². The van der Waals surface area contributed by atoms with Crippen LogP contribution in [-0.2, 0) is 33.3 Å². The van der Waals surface area contributed by atoms with Crippen molar-refractivity contribution < 1.29 is 33.3 Å². The molecule has 0 saturated carbocycles. The molecular formula is C43H81NO7. The predicted molar refractivity (Wildman–Crippen MR) is 208 cm³/mol. The molecule has 0 radical (unpaired) electrons. The molecule has 0 aliphatic carbocycles. The lowest BCUT2D eigenvalue weighted by atomic mass is 10.0. The van der Waals surface area contributed by atoms with Crippen LogP contribution >= 0.6 is 0 Å². The van der Waals surface area contributed by atoms with Crippen molar-refractivity contribution in [2.75, 3.05) is 46.1 Å². The van der Waals surface area contributed by atoms with Crippen molar-refractivity contribution >= 4 is 11.9 Å². The van der Waals surface area contributed by atoms with Crippen molar-refractivity contribution in [3.05, 3.63) is 0 Å². The number of hydrogen-bond acceptors (Lipinski definition) is 8. The Labute approximate surface area is 314 Å². The summed E-state index contributed by atoms with van der Waals surface area (Å²) in [5, 5.41) is 0. The number of esters is 2. The first-order valence-electron chi connectivity index (χ1n) is 22.1. The van der Waals surface area contributed by atoms with Gasteiger partial charge in [-0.25, -0.2) is 9.59 Å². The van der Waals surface area contributed by atoms with E-state index >= 15 is 0 Å². The number of carbonyl (C=O) groups excluding carboxylic acids is 2. The standard InChI is InChI=1S/C43H81NO7/c1-3-5-7-9-11-13-15-17-19-21-23-25-29-35-48-42(45)40-41(51-39(50-40)31-27-28-32-44-33-37-47-38-34-44)43(46)49-36-30-26-24-22-20-18-16-14-12-10-8-6-4-2/h39-41H,3-38H2,1-2H3. The molecule has 8 nitrogen and oxygen atoms in total. The van der Waals surface area contributed by atoms with Gasteiger partial charge in [0.2, 0.25) is 0 Å². The van der Waals surface area contributed by atoms with Gasteiger partial charge in [-0.05, 0) is 38.6 Å². The molecule has 51 heavy (non-hydrogen) atoms. The highest BCUT2D eigenvalue weighted by Gasteiger charge is 2.47. The van der Waals surface area contributed by atoms with Gasteiger partial charge in [-0.15, -0.1) is 0 Å². The fraction of sp³-hybridized carbons (Fsp3) is 0.953. The van der Waals surface area contributed by atoms with E-state index in [9.17, 15) is 9.59 Å². The quantitative estimate of drug-likeness (QED) is 0.0472. The van der Waals surface area contributed by atoms with Crippen molar-refractivity contribution in [3.63, 3.8) is 0 Å². The van der Waals surface area contributed by atoms with Crippen molar-refractivity contribution in [1.29, 1.82) is 0 Å². The number of ether oxygens (including phenoxy) is 5. The molecule has 2 aliphatic rings. The van der Waals surface area contributed by atoms with Crippen LogP contribution in [0, 0.1) is 0 Å². The SMILES string of the molecule is CCCCCCCCCCCCCCCOC(=O)C1OC(CCCCN2CCOCC2)OC1C(=O)OCCCCCCCCCCCCCCC. The maximum absolute atomic E-state index is 13.1. The van der Waals surface area contributed by atoms with Gasteiger partial charge in [0.25, 0.3) is 0 Å². The zero-order chi connectivity index (χ0) is 36.5. The lowest BCUT2D eigenvalue weighted by Crippen LogP contribution is -2.39. The number of unbranched alkanes of at least 4 members (excludes halogenated alkanes) is 25. The molecule has 0 amide bonds. The van der Waals surface area contributed by atoms with E-state index in [2.05, 4.69) is 18.7 Å². The third-order valence-electron chi connectivity index (χ3n) is 10.6. The Morgan fingerprint density at radius 3 is 1.22 bits per heavy atom. The number of nitrogens with zero attached hydrogens (tertiary/aromatic N) is 1. The highest BCUT2D eigenvalue weighted by Crippen LogP contribution is 2.26. The third-order valence-corrected chi connectivity index (χ3v) is 10.6. The summed E-state index contributed by atoms with van der Waals surface area (Å²) in [6.07, 6.45) is 32.8.